The fraction of sp³-hybridized carbons (Fsp3) is 1.00. The molecule has 2 aliphatic rings. The van der Waals surface area contributed by atoms with Crippen molar-refractivity contribution in [3.8, 4) is 0 Å². The molecule has 2 saturated heterocycles. The van der Waals surface area contributed by atoms with Crippen molar-refractivity contribution in [1.82, 2.24) is 10.2 Å². The van der Waals surface area contributed by atoms with Crippen LogP contribution in [0.4, 0.5) is 0 Å². The second kappa shape index (κ2) is 6.84. The van der Waals surface area contributed by atoms with Gasteiger partial charge in [0.05, 0.1) is 6.61 Å². The molecule has 16 heavy (non-hydrogen) atoms. The molecule has 1 N–H and O–H groups in total. The third kappa shape index (κ3) is 3.91. The molecule has 0 spiro atoms. The predicted octanol–water partition coefficient (Wildman–Crippen LogP) is 1.05. The maximum absolute atomic E-state index is 5.37. The highest BCUT2D eigenvalue weighted by molar-refractivity contribution is 7.99. The van der Waals surface area contributed by atoms with E-state index >= 15 is 0 Å². The van der Waals surface area contributed by atoms with Gasteiger partial charge in [0.1, 0.15) is 0 Å². The average Bonchev–Trinajstić information content (AvgIpc) is 2.79. The molecular weight excluding hydrogens is 220 g/mol. The van der Waals surface area contributed by atoms with E-state index in [1.807, 2.05) is 0 Å². The lowest BCUT2D eigenvalue weighted by Gasteiger charge is -2.33. The number of nitrogens with one attached hydrogen (secondary N) is 1. The van der Waals surface area contributed by atoms with Gasteiger partial charge in [0.15, 0.2) is 0 Å². The number of hydrogen-bond donors (Lipinski definition) is 1. The first-order valence-corrected chi connectivity index (χ1v) is 7.62. The lowest BCUT2D eigenvalue weighted by atomic mass is 10.1. The minimum atomic E-state index is 0.759. The summed E-state index contributed by atoms with van der Waals surface area (Å²) in [5.41, 5.74) is 0. The lowest BCUT2D eigenvalue weighted by Crippen LogP contribution is -2.44. The Balaban J connectivity index is 1.53. The van der Waals surface area contributed by atoms with E-state index in [1.165, 1.54) is 31.0 Å². The molecule has 2 aliphatic heterocycles. The summed E-state index contributed by atoms with van der Waals surface area (Å²) in [5.74, 6) is 3.37. The van der Waals surface area contributed by atoms with Crippen LogP contribution in [0.3, 0.4) is 0 Å². The number of nitrogens with zero attached hydrogens (tertiary/aromatic N) is 1. The van der Waals surface area contributed by atoms with Crippen LogP contribution in [0.15, 0.2) is 0 Å². The normalized spacial score (nSPS) is 32.1. The Labute approximate surface area is 103 Å². The smallest absolute Gasteiger partial charge is 0.0507 e. The van der Waals surface area contributed by atoms with Gasteiger partial charge in [-0.05, 0) is 19.3 Å². The second-order valence-corrected chi connectivity index (χ2v) is 6.04. The largest absolute Gasteiger partial charge is 0.381 e. The summed E-state index contributed by atoms with van der Waals surface area (Å²) < 4.78 is 5.37. The molecule has 0 bridgehead atoms. The standard InChI is InChI=1S/C12H24N2OS/c1-11-10-16-7-5-14(11)4-3-13-8-12-2-6-15-9-12/h11-13H,2-10H2,1H3. The first-order chi connectivity index (χ1) is 7.86. The van der Waals surface area contributed by atoms with Crippen molar-refractivity contribution in [1.29, 1.82) is 0 Å². The van der Waals surface area contributed by atoms with E-state index in [4.69, 9.17) is 4.74 Å². The van der Waals surface area contributed by atoms with E-state index in [0.717, 1.165) is 38.3 Å². The van der Waals surface area contributed by atoms with Crippen molar-refractivity contribution in [2.24, 2.45) is 5.92 Å². The molecule has 3 nitrogen and oxygen atoms in total. The molecule has 0 amide bonds. The van der Waals surface area contributed by atoms with Crippen LogP contribution in [0, 0.1) is 5.92 Å². The average molecular weight is 244 g/mol. The topological polar surface area (TPSA) is 24.5 Å². The fourth-order valence-corrected chi connectivity index (χ4v) is 3.45. The molecule has 0 aliphatic carbocycles. The molecule has 0 aromatic rings. The minimum Gasteiger partial charge on any atom is -0.381 e. The van der Waals surface area contributed by atoms with E-state index in [0.29, 0.717) is 0 Å². The number of ether oxygens (including phenoxy) is 1. The highest BCUT2D eigenvalue weighted by Crippen LogP contribution is 2.15. The van der Waals surface area contributed by atoms with Gasteiger partial charge >= 0.3 is 0 Å². The summed E-state index contributed by atoms with van der Waals surface area (Å²) in [7, 11) is 0. The van der Waals surface area contributed by atoms with Gasteiger partial charge in [-0.15, -0.1) is 0 Å². The van der Waals surface area contributed by atoms with Crippen LogP contribution in [0.5, 0.6) is 0 Å². The maximum atomic E-state index is 5.37. The van der Waals surface area contributed by atoms with Gasteiger partial charge in [-0.2, -0.15) is 11.8 Å². The quantitative estimate of drug-likeness (QED) is 0.731. The van der Waals surface area contributed by atoms with Crippen molar-refractivity contribution in [2.45, 2.75) is 19.4 Å². The van der Waals surface area contributed by atoms with Crippen molar-refractivity contribution >= 4 is 11.8 Å². The van der Waals surface area contributed by atoms with E-state index < -0.39 is 0 Å². The molecule has 0 saturated carbocycles. The molecule has 2 fully saturated rings. The molecule has 2 rings (SSSR count). The van der Waals surface area contributed by atoms with Crippen LogP contribution < -0.4 is 5.32 Å². The summed E-state index contributed by atoms with van der Waals surface area (Å²) >= 11 is 2.09. The summed E-state index contributed by atoms with van der Waals surface area (Å²) in [6, 6.07) is 0.760. The summed E-state index contributed by atoms with van der Waals surface area (Å²) in [6.07, 6.45) is 1.24. The Morgan fingerprint density at radius 2 is 2.44 bits per heavy atom. The molecule has 2 unspecified atom stereocenters. The first-order valence-electron chi connectivity index (χ1n) is 6.46. The van der Waals surface area contributed by atoms with Crippen LogP contribution >= 0.6 is 11.8 Å². The van der Waals surface area contributed by atoms with E-state index in [2.05, 4.69) is 28.9 Å². The van der Waals surface area contributed by atoms with E-state index in [1.54, 1.807) is 0 Å². The van der Waals surface area contributed by atoms with Crippen LogP contribution in [0.1, 0.15) is 13.3 Å². The fourth-order valence-electron chi connectivity index (χ4n) is 2.37. The summed E-state index contributed by atoms with van der Waals surface area (Å²) in [6.45, 7) is 9.01. The zero-order valence-electron chi connectivity index (χ0n) is 10.3. The summed E-state index contributed by atoms with van der Waals surface area (Å²) in [5, 5.41) is 3.57. The second-order valence-electron chi connectivity index (χ2n) is 4.89. The Bertz CT molecular complexity index is 197. The Morgan fingerprint density at radius 1 is 1.50 bits per heavy atom. The van der Waals surface area contributed by atoms with Gasteiger partial charge in [0.25, 0.3) is 0 Å². The Morgan fingerprint density at radius 3 is 3.19 bits per heavy atom. The molecule has 0 radical (unpaired) electrons. The van der Waals surface area contributed by atoms with Gasteiger partial charge in [-0.25, -0.2) is 0 Å². The molecular formula is C12H24N2OS. The Kier molecular flexibility index (Phi) is 5.42. The van der Waals surface area contributed by atoms with Crippen molar-refractivity contribution < 1.29 is 4.74 Å². The third-order valence-corrected chi connectivity index (χ3v) is 4.73. The zero-order valence-corrected chi connectivity index (χ0v) is 11.1. The first kappa shape index (κ1) is 12.7. The monoisotopic (exact) mass is 244 g/mol. The van der Waals surface area contributed by atoms with E-state index in [9.17, 15) is 0 Å². The zero-order chi connectivity index (χ0) is 11.2. The van der Waals surface area contributed by atoms with E-state index in [-0.39, 0.29) is 0 Å². The van der Waals surface area contributed by atoms with Crippen LogP contribution in [0.25, 0.3) is 0 Å². The Hall–Kier alpha value is 0.230. The predicted molar refractivity (Wildman–Crippen MR) is 70.2 cm³/mol. The van der Waals surface area contributed by atoms with Gasteiger partial charge < -0.3 is 10.1 Å². The minimum absolute atomic E-state index is 0.759. The highest BCUT2D eigenvalue weighted by atomic mass is 32.2. The molecule has 2 heterocycles. The molecule has 2 atom stereocenters. The van der Waals surface area contributed by atoms with Crippen LogP contribution in [-0.2, 0) is 4.74 Å². The SMILES string of the molecule is CC1CSCCN1CCNCC1CCOC1. The third-order valence-electron chi connectivity index (χ3n) is 3.54. The van der Waals surface area contributed by atoms with Crippen LogP contribution in [-0.4, -0.2) is 61.8 Å². The van der Waals surface area contributed by atoms with Crippen LogP contribution in [0.2, 0.25) is 0 Å². The molecule has 0 aromatic heterocycles. The maximum Gasteiger partial charge on any atom is 0.0507 e. The number of hydrogen-bond acceptors (Lipinski definition) is 4. The number of thioether (sulfide) groups is 1. The lowest BCUT2D eigenvalue weighted by molar-refractivity contribution is 0.184. The summed E-state index contributed by atoms with van der Waals surface area (Å²) in [4.78, 5) is 2.61. The highest BCUT2D eigenvalue weighted by Gasteiger charge is 2.18. The molecule has 94 valence electrons. The van der Waals surface area contributed by atoms with Gasteiger partial charge in [0, 0.05) is 50.3 Å². The van der Waals surface area contributed by atoms with Crippen molar-refractivity contribution in [3.05, 3.63) is 0 Å². The van der Waals surface area contributed by atoms with Crippen molar-refractivity contribution in [2.75, 3.05) is 50.9 Å². The van der Waals surface area contributed by atoms with Gasteiger partial charge in [-0.1, -0.05) is 0 Å². The number of rotatable bonds is 5. The van der Waals surface area contributed by atoms with Crippen molar-refractivity contribution in [3.63, 3.8) is 0 Å². The van der Waals surface area contributed by atoms with Gasteiger partial charge in [-0.3, -0.25) is 4.90 Å². The molecule has 0 aromatic carbocycles. The molecule has 4 heteroatoms. The van der Waals surface area contributed by atoms with Gasteiger partial charge in [0.2, 0.25) is 0 Å².